The molecule has 2 heterocycles. The lowest BCUT2D eigenvalue weighted by Crippen LogP contribution is -2.28. The monoisotopic (exact) mass is 301 g/mol. The molecule has 6 nitrogen and oxygen atoms in total. The Morgan fingerprint density at radius 3 is 2.05 bits per heavy atom. The van der Waals surface area contributed by atoms with Gasteiger partial charge in [-0.25, -0.2) is 9.36 Å². The van der Waals surface area contributed by atoms with E-state index in [9.17, 15) is 5.21 Å². The lowest BCUT2D eigenvalue weighted by atomic mass is 10.1. The molecule has 0 fully saturated rings. The van der Waals surface area contributed by atoms with Crippen LogP contribution in [0.4, 0.5) is 0 Å². The summed E-state index contributed by atoms with van der Waals surface area (Å²) in [6.45, 7) is 0. The van der Waals surface area contributed by atoms with Crippen molar-refractivity contribution in [2.45, 2.75) is 6.17 Å². The van der Waals surface area contributed by atoms with E-state index in [1.807, 2.05) is 0 Å². The Kier molecular flexibility index (Phi) is 3.70. The highest BCUT2D eigenvalue weighted by atomic mass is 35.5. The van der Waals surface area contributed by atoms with Gasteiger partial charge in [0.2, 0.25) is 0 Å². The molecule has 0 aliphatic rings. The molecule has 0 atom stereocenters. The van der Waals surface area contributed by atoms with Crippen molar-refractivity contribution in [1.82, 2.24) is 19.6 Å². The Labute approximate surface area is 125 Å². The van der Waals surface area contributed by atoms with Gasteiger partial charge in [0, 0.05) is 35.4 Å². The van der Waals surface area contributed by atoms with Crippen LogP contribution in [0.1, 0.15) is 11.7 Å². The third-order valence-electron chi connectivity index (χ3n) is 3.04. The quantitative estimate of drug-likeness (QED) is 0.457. The van der Waals surface area contributed by atoms with Crippen LogP contribution in [0.15, 0.2) is 66.3 Å². The Morgan fingerprint density at radius 1 is 1.05 bits per heavy atom. The molecule has 3 rings (SSSR count). The molecule has 1 N–H and O–H groups in total. The van der Waals surface area contributed by atoms with Crippen molar-refractivity contribution >= 4 is 17.3 Å². The molecular weight excluding hydrogens is 290 g/mol. The second kappa shape index (κ2) is 5.80. The van der Waals surface area contributed by atoms with Gasteiger partial charge in [-0.15, -0.1) is 0 Å². The van der Waals surface area contributed by atoms with E-state index in [4.69, 9.17) is 11.6 Å². The predicted molar refractivity (Wildman–Crippen MR) is 78.7 cm³/mol. The van der Waals surface area contributed by atoms with Crippen molar-refractivity contribution in [1.29, 1.82) is 0 Å². The second-order valence-corrected chi connectivity index (χ2v) is 4.77. The highest BCUT2D eigenvalue weighted by molar-refractivity contribution is 6.30. The van der Waals surface area contributed by atoms with E-state index in [0.717, 1.165) is 5.56 Å². The van der Waals surface area contributed by atoms with E-state index in [2.05, 4.69) is 15.4 Å². The van der Waals surface area contributed by atoms with Crippen molar-refractivity contribution in [2.75, 3.05) is 0 Å². The van der Waals surface area contributed by atoms with Gasteiger partial charge in [0.1, 0.15) is 5.71 Å². The van der Waals surface area contributed by atoms with Crippen LogP contribution in [0.2, 0.25) is 5.02 Å². The molecular formula is C14H12ClN5O. The number of hydrogen-bond acceptors (Lipinski definition) is 4. The van der Waals surface area contributed by atoms with E-state index in [1.54, 1.807) is 70.5 Å². The molecule has 0 amide bonds. The summed E-state index contributed by atoms with van der Waals surface area (Å²) < 4.78 is 3.33. The van der Waals surface area contributed by atoms with Gasteiger partial charge in [-0.2, -0.15) is 10.2 Å². The Balaban J connectivity index is 2.08. The molecule has 0 saturated heterocycles. The first-order valence-corrected chi connectivity index (χ1v) is 6.63. The normalized spacial score (nSPS) is 12.0. The summed E-state index contributed by atoms with van der Waals surface area (Å²) in [6.07, 6.45) is 6.41. The van der Waals surface area contributed by atoms with Crippen molar-refractivity contribution in [3.63, 3.8) is 0 Å². The molecule has 0 radical (unpaired) electrons. The highest BCUT2D eigenvalue weighted by Gasteiger charge is 2.23. The van der Waals surface area contributed by atoms with Gasteiger partial charge in [-0.3, -0.25) is 0 Å². The van der Waals surface area contributed by atoms with Crippen LogP contribution in [0.25, 0.3) is 0 Å². The standard InChI is InChI=1S/C14H12ClN5O/c15-12-5-3-11(4-6-12)13(18-21)14(19-9-1-7-16-19)20-10-2-8-17-20/h1-10,14,21H/b18-13+. The Hall–Kier alpha value is -2.60. The van der Waals surface area contributed by atoms with Crippen molar-refractivity contribution in [3.05, 3.63) is 71.8 Å². The van der Waals surface area contributed by atoms with Gasteiger partial charge < -0.3 is 5.21 Å². The molecule has 0 bridgehead atoms. The van der Waals surface area contributed by atoms with E-state index >= 15 is 0 Å². The lowest BCUT2D eigenvalue weighted by molar-refractivity contribution is 0.310. The molecule has 0 spiro atoms. The molecule has 1 aromatic carbocycles. The fourth-order valence-electron chi connectivity index (χ4n) is 2.10. The predicted octanol–water partition coefficient (Wildman–Crippen LogP) is 2.66. The van der Waals surface area contributed by atoms with Gasteiger partial charge >= 0.3 is 0 Å². The summed E-state index contributed by atoms with van der Waals surface area (Å²) in [5.74, 6) is 0. The molecule has 21 heavy (non-hydrogen) atoms. The minimum atomic E-state index is -0.485. The van der Waals surface area contributed by atoms with Gasteiger partial charge in [-0.05, 0) is 24.3 Å². The van der Waals surface area contributed by atoms with Gasteiger partial charge in [-0.1, -0.05) is 28.9 Å². The fraction of sp³-hybridized carbons (Fsp3) is 0.0714. The maximum Gasteiger partial charge on any atom is 0.189 e. The van der Waals surface area contributed by atoms with Crippen LogP contribution >= 0.6 is 11.6 Å². The summed E-state index contributed by atoms with van der Waals surface area (Å²) in [5.41, 5.74) is 1.15. The Morgan fingerprint density at radius 2 is 1.62 bits per heavy atom. The fourth-order valence-corrected chi connectivity index (χ4v) is 2.23. The Bertz CT molecular complexity index is 685. The highest BCUT2D eigenvalue weighted by Crippen LogP contribution is 2.18. The van der Waals surface area contributed by atoms with Crippen LogP contribution in [-0.2, 0) is 0 Å². The second-order valence-electron chi connectivity index (χ2n) is 4.34. The largest absolute Gasteiger partial charge is 0.411 e. The van der Waals surface area contributed by atoms with Crippen LogP contribution in [0.5, 0.6) is 0 Å². The van der Waals surface area contributed by atoms with Gasteiger partial charge in [0.15, 0.2) is 6.17 Å². The maximum atomic E-state index is 9.49. The molecule has 2 aromatic heterocycles. The summed E-state index contributed by atoms with van der Waals surface area (Å²) in [6, 6.07) is 10.7. The molecule has 3 aromatic rings. The summed E-state index contributed by atoms with van der Waals surface area (Å²) in [5, 5.41) is 22.0. The van der Waals surface area contributed by atoms with Crippen molar-refractivity contribution in [3.8, 4) is 0 Å². The zero-order chi connectivity index (χ0) is 14.7. The molecule has 0 aliphatic carbocycles. The molecule has 7 heteroatoms. The van der Waals surface area contributed by atoms with Gasteiger partial charge in [0.25, 0.3) is 0 Å². The third kappa shape index (κ3) is 2.66. The zero-order valence-electron chi connectivity index (χ0n) is 10.9. The minimum absolute atomic E-state index is 0.416. The van der Waals surface area contributed by atoms with Gasteiger partial charge in [0.05, 0.1) is 0 Å². The number of benzene rings is 1. The molecule has 106 valence electrons. The lowest BCUT2D eigenvalue weighted by Gasteiger charge is -2.19. The van der Waals surface area contributed by atoms with E-state index in [1.165, 1.54) is 0 Å². The van der Waals surface area contributed by atoms with E-state index in [0.29, 0.717) is 10.7 Å². The van der Waals surface area contributed by atoms with Crippen LogP contribution in [0, 0.1) is 0 Å². The van der Waals surface area contributed by atoms with Crippen LogP contribution < -0.4 is 0 Å². The molecule has 0 saturated carbocycles. The summed E-state index contributed by atoms with van der Waals surface area (Å²) in [4.78, 5) is 0. The molecule has 0 unspecified atom stereocenters. The summed E-state index contributed by atoms with van der Waals surface area (Å²) >= 11 is 5.90. The number of aromatic nitrogens is 4. The smallest absolute Gasteiger partial charge is 0.189 e. The van der Waals surface area contributed by atoms with Crippen LogP contribution in [-0.4, -0.2) is 30.5 Å². The number of nitrogens with zero attached hydrogens (tertiary/aromatic N) is 5. The number of hydrogen-bond donors (Lipinski definition) is 1. The SMILES string of the molecule is O/N=C(\c1ccc(Cl)cc1)C(n1cccn1)n1cccn1. The first-order valence-electron chi connectivity index (χ1n) is 6.26. The van der Waals surface area contributed by atoms with E-state index in [-0.39, 0.29) is 0 Å². The average molecular weight is 302 g/mol. The summed E-state index contributed by atoms with van der Waals surface area (Å²) in [7, 11) is 0. The topological polar surface area (TPSA) is 68.2 Å². The zero-order valence-corrected chi connectivity index (χ0v) is 11.7. The average Bonchev–Trinajstić information content (AvgIpc) is 3.19. The first-order chi connectivity index (χ1) is 10.3. The maximum absolute atomic E-state index is 9.49. The minimum Gasteiger partial charge on any atom is -0.411 e. The number of halogens is 1. The van der Waals surface area contributed by atoms with Crippen molar-refractivity contribution < 1.29 is 5.21 Å². The number of oxime groups is 1. The van der Waals surface area contributed by atoms with E-state index < -0.39 is 6.17 Å². The first kappa shape index (κ1) is 13.4. The number of rotatable bonds is 4. The van der Waals surface area contributed by atoms with Crippen molar-refractivity contribution in [2.24, 2.45) is 5.16 Å². The third-order valence-corrected chi connectivity index (χ3v) is 3.30. The van der Waals surface area contributed by atoms with Crippen LogP contribution in [0.3, 0.4) is 0 Å². The molecule has 0 aliphatic heterocycles.